The Labute approximate surface area is 96.8 Å². The van der Waals surface area contributed by atoms with Crippen LogP contribution in [0.2, 0.25) is 0 Å². The third-order valence-electron chi connectivity index (χ3n) is 2.25. The molecule has 1 heterocycles. The molecular weight excluding hydrogens is 224 g/mol. The van der Waals surface area contributed by atoms with Crippen molar-refractivity contribution in [3.8, 4) is 0 Å². The molecule has 0 spiro atoms. The fourth-order valence-corrected chi connectivity index (χ4v) is 2.55. The fraction of sp³-hybridized carbons (Fsp3) is 0.182. The highest BCUT2D eigenvalue weighted by Gasteiger charge is 2.18. The number of nitrogen functional groups attached to an aromatic ring is 2. The van der Waals surface area contributed by atoms with Crippen LogP contribution in [0.25, 0.3) is 10.1 Å². The Morgan fingerprint density at radius 2 is 2.19 bits per heavy atom. The van der Waals surface area contributed by atoms with Crippen LogP contribution in [-0.4, -0.2) is 12.6 Å². The van der Waals surface area contributed by atoms with Crippen molar-refractivity contribution >= 4 is 38.1 Å². The summed E-state index contributed by atoms with van der Waals surface area (Å²) in [5, 5.41) is 1.22. The maximum atomic E-state index is 11.7. The smallest absolute Gasteiger partial charge is 0.341 e. The number of carbonyl (C=O) groups excluding carboxylic acids is 1. The van der Waals surface area contributed by atoms with Crippen LogP contribution in [0, 0.1) is 0 Å². The second-order valence-electron chi connectivity index (χ2n) is 3.29. The van der Waals surface area contributed by atoms with Crippen LogP contribution in [0.1, 0.15) is 17.3 Å². The third-order valence-corrected chi connectivity index (χ3v) is 3.34. The molecule has 16 heavy (non-hydrogen) atoms. The number of rotatable bonds is 2. The lowest BCUT2D eigenvalue weighted by Crippen LogP contribution is -2.06. The zero-order valence-electron chi connectivity index (χ0n) is 8.82. The van der Waals surface area contributed by atoms with Crippen LogP contribution in [0.15, 0.2) is 18.2 Å². The largest absolute Gasteiger partial charge is 0.462 e. The van der Waals surface area contributed by atoms with Crippen molar-refractivity contribution in [2.75, 3.05) is 18.1 Å². The van der Waals surface area contributed by atoms with Crippen molar-refractivity contribution in [2.24, 2.45) is 0 Å². The SMILES string of the molecule is CCOC(=O)c1c(N)sc2c(N)cccc12. The van der Waals surface area contributed by atoms with Gasteiger partial charge in [0.2, 0.25) is 0 Å². The first-order chi connectivity index (χ1) is 7.65. The quantitative estimate of drug-likeness (QED) is 0.619. The molecule has 0 fully saturated rings. The summed E-state index contributed by atoms with van der Waals surface area (Å²) in [5.41, 5.74) is 12.7. The van der Waals surface area contributed by atoms with E-state index in [2.05, 4.69) is 0 Å². The van der Waals surface area contributed by atoms with Gasteiger partial charge in [0.1, 0.15) is 10.6 Å². The Balaban J connectivity index is 2.65. The molecule has 0 saturated heterocycles. The summed E-state index contributed by atoms with van der Waals surface area (Å²) in [7, 11) is 0. The number of fused-ring (bicyclic) bond motifs is 1. The molecule has 0 atom stereocenters. The minimum Gasteiger partial charge on any atom is -0.462 e. The van der Waals surface area contributed by atoms with E-state index in [1.54, 1.807) is 19.1 Å². The highest BCUT2D eigenvalue weighted by Crippen LogP contribution is 2.37. The molecule has 0 saturated carbocycles. The summed E-state index contributed by atoms with van der Waals surface area (Å²) in [6.07, 6.45) is 0. The van der Waals surface area contributed by atoms with Gasteiger partial charge in [-0.1, -0.05) is 12.1 Å². The first-order valence-electron chi connectivity index (χ1n) is 4.88. The van der Waals surface area contributed by atoms with E-state index in [4.69, 9.17) is 16.2 Å². The molecule has 0 unspecified atom stereocenters. The number of hydrogen-bond donors (Lipinski definition) is 2. The fourth-order valence-electron chi connectivity index (χ4n) is 1.57. The molecule has 0 aliphatic heterocycles. The Bertz CT molecular complexity index is 548. The van der Waals surface area contributed by atoms with Crippen LogP contribution in [-0.2, 0) is 4.74 Å². The van der Waals surface area contributed by atoms with Gasteiger partial charge < -0.3 is 16.2 Å². The topological polar surface area (TPSA) is 78.3 Å². The number of carbonyl (C=O) groups is 1. The molecule has 84 valence electrons. The van der Waals surface area contributed by atoms with Crippen LogP contribution >= 0.6 is 11.3 Å². The normalized spacial score (nSPS) is 10.6. The highest BCUT2D eigenvalue weighted by atomic mass is 32.1. The maximum Gasteiger partial charge on any atom is 0.341 e. The summed E-state index contributed by atoms with van der Waals surface area (Å²) < 4.78 is 5.80. The van der Waals surface area contributed by atoms with Crippen molar-refractivity contribution in [1.29, 1.82) is 0 Å². The zero-order chi connectivity index (χ0) is 11.7. The highest BCUT2D eigenvalue weighted by molar-refractivity contribution is 7.23. The molecule has 5 heteroatoms. The molecule has 2 rings (SSSR count). The van der Waals surface area contributed by atoms with Gasteiger partial charge in [0.25, 0.3) is 0 Å². The predicted molar refractivity (Wildman–Crippen MR) is 66.6 cm³/mol. The molecule has 0 aliphatic carbocycles. The lowest BCUT2D eigenvalue weighted by atomic mass is 10.1. The summed E-state index contributed by atoms with van der Waals surface area (Å²) in [5.74, 6) is -0.392. The van der Waals surface area contributed by atoms with E-state index in [0.29, 0.717) is 22.9 Å². The van der Waals surface area contributed by atoms with Gasteiger partial charge in [0.05, 0.1) is 11.3 Å². The van der Waals surface area contributed by atoms with Gasteiger partial charge >= 0.3 is 5.97 Å². The maximum absolute atomic E-state index is 11.7. The molecule has 1 aromatic carbocycles. The predicted octanol–water partition coefficient (Wildman–Crippen LogP) is 2.24. The average Bonchev–Trinajstić information content (AvgIpc) is 2.56. The molecule has 1 aromatic heterocycles. The van der Waals surface area contributed by atoms with Gasteiger partial charge in [-0.2, -0.15) is 0 Å². The zero-order valence-corrected chi connectivity index (χ0v) is 9.64. The molecular formula is C11H12N2O2S. The van der Waals surface area contributed by atoms with Crippen LogP contribution in [0.4, 0.5) is 10.7 Å². The summed E-state index contributed by atoms with van der Waals surface area (Å²) in [6, 6.07) is 5.41. The van der Waals surface area contributed by atoms with Gasteiger partial charge in [0, 0.05) is 11.1 Å². The third kappa shape index (κ3) is 1.59. The Morgan fingerprint density at radius 3 is 2.88 bits per heavy atom. The van der Waals surface area contributed by atoms with Crippen LogP contribution in [0.5, 0.6) is 0 Å². The van der Waals surface area contributed by atoms with E-state index >= 15 is 0 Å². The molecule has 4 nitrogen and oxygen atoms in total. The van der Waals surface area contributed by atoms with E-state index in [9.17, 15) is 4.79 Å². The Hall–Kier alpha value is -1.75. The lowest BCUT2D eigenvalue weighted by Gasteiger charge is -2.01. The van der Waals surface area contributed by atoms with Crippen LogP contribution < -0.4 is 11.5 Å². The number of anilines is 2. The van der Waals surface area contributed by atoms with Gasteiger partial charge in [-0.05, 0) is 13.0 Å². The van der Waals surface area contributed by atoms with E-state index < -0.39 is 5.97 Å². The minimum atomic E-state index is -0.392. The Kier molecular flexibility index (Phi) is 2.70. The Morgan fingerprint density at radius 1 is 1.44 bits per heavy atom. The van der Waals surface area contributed by atoms with Gasteiger partial charge in [-0.3, -0.25) is 0 Å². The number of hydrogen-bond acceptors (Lipinski definition) is 5. The number of benzene rings is 1. The molecule has 4 N–H and O–H groups in total. The summed E-state index contributed by atoms with van der Waals surface area (Å²) in [4.78, 5) is 11.7. The van der Waals surface area contributed by atoms with Crippen molar-refractivity contribution < 1.29 is 9.53 Å². The first-order valence-corrected chi connectivity index (χ1v) is 5.70. The lowest BCUT2D eigenvalue weighted by molar-refractivity contribution is 0.0530. The van der Waals surface area contributed by atoms with Gasteiger partial charge in [0.15, 0.2) is 0 Å². The number of thiophene rings is 1. The van der Waals surface area contributed by atoms with Gasteiger partial charge in [-0.15, -0.1) is 11.3 Å². The van der Waals surface area contributed by atoms with Crippen molar-refractivity contribution in [2.45, 2.75) is 6.92 Å². The molecule has 0 aliphatic rings. The standard InChI is InChI=1S/C11H12N2O2S/c1-2-15-11(14)8-6-4-3-5-7(12)9(6)16-10(8)13/h3-5H,2,12-13H2,1H3. The van der Waals surface area contributed by atoms with E-state index in [1.165, 1.54) is 11.3 Å². The second kappa shape index (κ2) is 4.02. The summed E-state index contributed by atoms with van der Waals surface area (Å²) >= 11 is 1.31. The number of esters is 1. The monoisotopic (exact) mass is 236 g/mol. The average molecular weight is 236 g/mol. The number of nitrogens with two attached hydrogens (primary N) is 2. The van der Waals surface area contributed by atoms with Gasteiger partial charge in [-0.25, -0.2) is 4.79 Å². The number of ether oxygens (including phenoxy) is 1. The first kappa shape index (κ1) is 10.8. The van der Waals surface area contributed by atoms with Crippen molar-refractivity contribution in [3.63, 3.8) is 0 Å². The molecule has 0 bridgehead atoms. The molecule has 0 radical (unpaired) electrons. The molecule has 2 aromatic rings. The van der Waals surface area contributed by atoms with Crippen LogP contribution in [0.3, 0.4) is 0 Å². The van der Waals surface area contributed by atoms with E-state index in [1.807, 2.05) is 6.07 Å². The molecule has 0 amide bonds. The van der Waals surface area contributed by atoms with Crippen molar-refractivity contribution in [3.05, 3.63) is 23.8 Å². The van der Waals surface area contributed by atoms with E-state index in [-0.39, 0.29) is 0 Å². The minimum absolute atomic E-state index is 0.331. The van der Waals surface area contributed by atoms with Crippen molar-refractivity contribution in [1.82, 2.24) is 0 Å². The van der Waals surface area contributed by atoms with E-state index in [0.717, 1.165) is 10.1 Å². The summed E-state index contributed by atoms with van der Waals surface area (Å²) in [6.45, 7) is 2.09. The second-order valence-corrected chi connectivity index (χ2v) is 4.34.